The van der Waals surface area contributed by atoms with E-state index in [0.29, 0.717) is 12.1 Å². The van der Waals surface area contributed by atoms with Gasteiger partial charge in [-0.2, -0.15) is 0 Å². The van der Waals surface area contributed by atoms with E-state index in [2.05, 4.69) is 31.4 Å². The molecule has 2 aromatic carbocycles. The van der Waals surface area contributed by atoms with Gasteiger partial charge in [-0.3, -0.25) is 25.0 Å². The van der Waals surface area contributed by atoms with Crippen LogP contribution < -0.4 is 10.6 Å². The standard InChI is InChI=1S/C25H34N4O7Si/c1-4-37(5-2,6-3)14-10-13-26-25(31)36-18-23(19-11-8-7-9-12-19)27-24(30)20-15-21(28(32)33)17-22(16-20)29(34)35/h7-9,11-12,15-17,23H,4-6,10,13-14,18H2,1-3H3,(H,26,31)(H,27,30)/t23-/m1/s1. The molecule has 2 amide bonds. The second-order valence-corrected chi connectivity index (χ2v) is 14.5. The van der Waals surface area contributed by atoms with Crippen LogP contribution in [0.25, 0.3) is 0 Å². The molecule has 0 fully saturated rings. The number of carbonyl (C=O) groups excluding carboxylic acids is 2. The summed E-state index contributed by atoms with van der Waals surface area (Å²) in [6.07, 6.45) is 0.263. The first-order valence-corrected chi connectivity index (χ1v) is 15.2. The molecule has 0 aliphatic heterocycles. The van der Waals surface area contributed by atoms with Crippen molar-refractivity contribution in [2.75, 3.05) is 13.2 Å². The number of nitro benzene ring substituents is 2. The fourth-order valence-electron chi connectivity index (χ4n) is 4.23. The van der Waals surface area contributed by atoms with Crippen LogP contribution in [0.1, 0.15) is 49.2 Å². The van der Waals surface area contributed by atoms with Gasteiger partial charge in [0, 0.05) is 18.7 Å². The van der Waals surface area contributed by atoms with Gasteiger partial charge in [0.2, 0.25) is 0 Å². The van der Waals surface area contributed by atoms with Crippen molar-refractivity contribution in [3.8, 4) is 0 Å². The highest BCUT2D eigenvalue weighted by molar-refractivity contribution is 6.79. The second kappa shape index (κ2) is 14.1. The number of hydrogen-bond acceptors (Lipinski definition) is 7. The number of alkyl carbamates (subject to hydrolysis) is 1. The molecule has 1 atom stereocenters. The Morgan fingerprint density at radius 2 is 1.51 bits per heavy atom. The summed E-state index contributed by atoms with van der Waals surface area (Å²) >= 11 is 0. The lowest BCUT2D eigenvalue weighted by molar-refractivity contribution is -0.394. The van der Waals surface area contributed by atoms with Gasteiger partial charge in [-0.1, -0.05) is 75.3 Å². The van der Waals surface area contributed by atoms with Gasteiger partial charge in [-0.05, 0) is 12.0 Å². The molecular weight excluding hydrogens is 496 g/mol. The highest BCUT2D eigenvalue weighted by Crippen LogP contribution is 2.26. The molecule has 37 heavy (non-hydrogen) atoms. The molecular formula is C25H34N4O7Si. The number of nitrogens with zero attached hydrogens (tertiary/aromatic N) is 2. The smallest absolute Gasteiger partial charge is 0.407 e. The van der Waals surface area contributed by atoms with Crippen molar-refractivity contribution < 1.29 is 24.2 Å². The maximum atomic E-state index is 12.9. The van der Waals surface area contributed by atoms with Crippen molar-refractivity contribution >= 4 is 31.4 Å². The van der Waals surface area contributed by atoms with Crippen LogP contribution in [0.4, 0.5) is 16.2 Å². The number of amides is 2. The summed E-state index contributed by atoms with van der Waals surface area (Å²) in [4.78, 5) is 46.0. The molecule has 12 heteroatoms. The molecule has 0 radical (unpaired) electrons. The SMILES string of the molecule is CC[Si](CC)(CC)CCCNC(=O)OC[C@@H](NC(=O)c1cc([N+](=O)[O-])cc([N+](=O)[O-])c1)c1ccccc1. The zero-order chi connectivity index (χ0) is 27.4. The van der Waals surface area contributed by atoms with E-state index >= 15 is 0 Å². The Morgan fingerprint density at radius 3 is 2.03 bits per heavy atom. The average molecular weight is 531 g/mol. The third kappa shape index (κ3) is 8.67. The monoisotopic (exact) mass is 530 g/mol. The lowest BCUT2D eigenvalue weighted by Gasteiger charge is -2.28. The summed E-state index contributed by atoms with van der Waals surface area (Å²) < 4.78 is 5.36. The Hall–Kier alpha value is -3.80. The fourth-order valence-corrected chi connectivity index (χ4v) is 7.72. The maximum absolute atomic E-state index is 12.9. The Bertz CT molecular complexity index is 1050. The van der Waals surface area contributed by atoms with E-state index in [9.17, 15) is 29.8 Å². The van der Waals surface area contributed by atoms with Crippen molar-refractivity contribution in [3.05, 3.63) is 79.9 Å². The third-order valence-electron chi connectivity index (χ3n) is 6.88. The molecule has 200 valence electrons. The number of rotatable bonds is 14. The molecule has 0 bridgehead atoms. The van der Waals surface area contributed by atoms with Crippen molar-refractivity contribution in [2.45, 2.75) is 57.4 Å². The van der Waals surface area contributed by atoms with Gasteiger partial charge in [-0.15, -0.1) is 0 Å². The largest absolute Gasteiger partial charge is 0.447 e. The zero-order valence-corrected chi connectivity index (χ0v) is 22.4. The molecule has 0 aliphatic rings. The Morgan fingerprint density at radius 1 is 0.946 bits per heavy atom. The molecule has 11 nitrogen and oxygen atoms in total. The van der Waals surface area contributed by atoms with Gasteiger partial charge in [-0.25, -0.2) is 4.79 Å². The summed E-state index contributed by atoms with van der Waals surface area (Å²) in [5, 5.41) is 27.8. The molecule has 2 aromatic rings. The predicted octanol–water partition coefficient (Wildman–Crippen LogP) is 5.60. The number of carbonyl (C=O) groups is 2. The first-order chi connectivity index (χ1) is 17.6. The molecule has 0 aromatic heterocycles. The summed E-state index contributed by atoms with van der Waals surface area (Å²) in [6, 6.07) is 15.5. The van der Waals surface area contributed by atoms with Crippen LogP contribution in [0.3, 0.4) is 0 Å². The Kier molecular flexibility index (Phi) is 11.2. The molecule has 0 aliphatic carbocycles. The Balaban J connectivity index is 2.06. The van der Waals surface area contributed by atoms with Crippen molar-refractivity contribution in [3.63, 3.8) is 0 Å². The fraction of sp³-hybridized carbons (Fsp3) is 0.440. The number of benzene rings is 2. The van der Waals surface area contributed by atoms with Crippen LogP contribution >= 0.6 is 0 Å². The van der Waals surface area contributed by atoms with Gasteiger partial charge in [0.05, 0.1) is 35.6 Å². The average Bonchev–Trinajstić information content (AvgIpc) is 2.91. The third-order valence-corrected chi connectivity index (χ3v) is 12.8. The topological polar surface area (TPSA) is 154 Å². The lowest BCUT2D eigenvalue weighted by Crippen LogP contribution is -2.35. The molecule has 0 saturated heterocycles. The van der Waals surface area contributed by atoms with Crippen LogP contribution in [0.15, 0.2) is 48.5 Å². The van der Waals surface area contributed by atoms with Gasteiger partial charge < -0.3 is 15.4 Å². The maximum Gasteiger partial charge on any atom is 0.407 e. The van der Waals surface area contributed by atoms with E-state index < -0.39 is 47.3 Å². The number of nitrogens with one attached hydrogen (secondary N) is 2. The quantitative estimate of drug-likeness (QED) is 0.139. The second-order valence-electron chi connectivity index (χ2n) is 8.88. The molecule has 2 N–H and O–H groups in total. The van der Waals surface area contributed by atoms with E-state index in [1.54, 1.807) is 30.3 Å². The minimum Gasteiger partial charge on any atom is -0.447 e. The van der Waals surface area contributed by atoms with Gasteiger partial charge in [0.1, 0.15) is 6.61 Å². The van der Waals surface area contributed by atoms with Crippen LogP contribution in [0, 0.1) is 20.2 Å². The Labute approximate surface area is 216 Å². The van der Waals surface area contributed by atoms with Gasteiger partial charge in [0.25, 0.3) is 17.3 Å². The molecule has 2 rings (SSSR count). The normalized spacial score (nSPS) is 11.9. The molecule has 0 unspecified atom stereocenters. The number of ether oxygens (including phenoxy) is 1. The van der Waals surface area contributed by atoms with Crippen molar-refractivity contribution in [1.82, 2.24) is 10.6 Å². The van der Waals surface area contributed by atoms with E-state index in [-0.39, 0.29) is 12.2 Å². The lowest BCUT2D eigenvalue weighted by atomic mass is 10.1. The predicted molar refractivity (Wildman–Crippen MR) is 142 cm³/mol. The minimum absolute atomic E-state index is 0.198. The van der Waals surface area contributed by atoms with Crippen LogP contribution in [0.5, 0.6) is 0 Å². The highest BCUT2D eigenvalue weighted by Gasteiger charge is 2.26. The number of nitro groups is 2. The zero-order valence-electron chi connectivity index (χ0n) is 21.4. The first-order valence-electron chi connectivity index (χ1n) is 12.3. The summed E-state index contributed by atoms with van der Waals surface area (Å²) in [7, 11) is -1.27. The summed E-state index contributed by atoms with van der Waals surface area (Å²) in [6.45, 7) is 7.02. The summed E-state index contributed by atoms with van der Waals surface area (Å²) in [5.74, 6) is -0.773. The van der Waals surface area contributed by atoms with Gasteiger partial charge in [0.15, 0.2) is 0 Å². The molecule has 0 saturated carbocycles. The van der Waals surface area contributed by atoms with E-state index in [4.69, 9.17) is 4.74 Å². The van der Waals surface area contributed by atoms with Crippen molar-refractivity contribution in [2.24, 2.45) is 0 Å². The van der Waals surface area contributed by atoms with E-state index in [0.717, 1.165) is 30.7 Å². The van der Waals surface area contributed by atoms with Crippen molar-refractivity contribution in [1.29, 1.82) is 0 Å². The first kappa shape index (κ1) is 29.4. The number of non-ortho nitro benzene ring substituents is 2. The van der Waals surface area contributed by atoms with E-state index in [1.807, 2.05) is 0 Å². The highest BCUT2D eigenvalue weighted by atomic mass is 28.3. The molecule has 0 spiro atoms. The van der Waals surface area contributed by atoms with Crippen LogP contribution in [-0.4, -0.2) is 43.1 Å². The van der Waals surface area contributed by atoms with E-state index in [1.165, 1.54) is 18.1 Å². The van der Waals surface area contributed by atoms with Crippen LogP contribution in [-0.2, 0) is 4.74 Å². The van der Waals surface area contributed by atoms with Crippen LogP contribution in [0.2, 0.25) is 24.2 Å². The minimum atomic E-state index is -1.27. The summed E-state index contributed by atoms with van der Waals surface area (Å²) in [5.41, 5.74) is -0.769. The number of hydrogen-bond donors (Lipinski definition) is 2. The van der Waals surface area contributed by atoms with Gasteiger partial charge >= 0.3 is 6.09 Å². The molecule has 0 heterocycles.